The van der Waals surface area contributed by atoms with E-state index in [9.17, 15) is 72.6 Å². The molecule has 366 valence electrons. The second-order valence-electron chi connectivity index (χ2n) is 15.3. The van der Waals surface area contributed by atoms with Gasteiger partial charge >= 0.3 is 29.4 Å². The van der Waals surface area contributed by atoms with Gasteiger partial charge in [-0.25, -0.2) is 28.6 Å². The molecule has 31 heteroatoms. The number of fused-ring (bicyclic) bond motifs is 2. The molecule has 1 aliphatic rings. The van der Waals surface area contributed by atoms with E-state index in [1.165, 1.54) is 19.9 Å². The number of rotatable bonds is 24. The average molecular weight is 1020 g/mol. The largest absolute Gasteiger partial charge is 0.481 e. The summed E-state index contributed by atoms with van der Waals surface area (Å²) in [6, 6.07) is 12.0. The number of anilines is 1. The zero-order chi connectivity index (χ0) is 49.5. The fraction of sp³-hybridized carbons (Fsp3) is 0.444. The summed E-state index contributed by atoms with van der Waals surface area (Å²) in [4.78, 5) is 114. The number of carbonyl (C=O) groups is 5. The van der Waals surface area contributed by atoms with Gasteiger partial charge < -0.3 is 56.0 Å². The second kappa shape index (κ2) is 22.2. The Kier molecular flexibility index (Phi) is 17.7. The van der Waals surface area contributed by atoms with Crippen LogP contribution in [-0.4, -0.2) is 140 Å². The Morgan fingerprint density at radius 3 is 2.33 bits per heavy atom. The number of carboxylic acid groups (broad SMARTS) is 1. The van der Waals surface area contributed by atoms with E-state index in [0.717, 1.165) is 28.0 Å². The van der Waals surface area contributed by atoms with Crippen LogP contribution in [0.2, 0.25) is 0 Å². The Morgan fingerprint density at radius 2 is 1.64 bits per heavy atom. The minimum Gasteiger partial charge on any atom is -0.481 e. The summed E-state index contributed by atoms with van der Waals surface area (Å²) in [6.07, 6.45) is -8.03. The van der Waals surface area contributed by atoms with Crippen molar-refractivity contribution in [1.29, 1.82) is 0 Å². The lowest BCUT2D eigenvalue weighted by Gasteiger charge is -2.30. The molecule has 0 bridgehead atoms. The smallest absolute Gasteiger partial charge is 0.481 e. The average Bonchev–Trinajstić information content (AvgIpc) is 3.81. The van der Waals surface area contributed by atoms with Crippen LogP contribution in [0, 0.1) is 11.3 Å². The van der Waals surface area contributed by atoms with Crippen LogP contribution < -0.4 is 16.4 Å². The van der Waals surface area contributed by atoms with Gasteiger partial charge in [0.15, 0.2) is 28.6 Å². The van der Waals surface area contributed by atoms with Crippen LogP contribution in [0.5, 0.6) is 0 Å². The third kappa shape index (κ3) is 14.7. The molecule has 3 heterocycles. The first-order chi connectivity index (χ1) is 31.3. The third-order valence-corrected chi connectivity index (χ3v) is 13.8. The Morgan fingerprint density at radius 1 is 0.955 bits per heavy atom. The lowest BCUT2D eigenvalue weighted by atomic mass is 9.87. The summed E-state index contributed by atoms with van der Waals surface area (Å²) in [5.41, 5.74) is 4.32. The number of ether oxygens (including phenoxy) is 1. The van der Waals surface area contributed by atoms with Gasteiger partial charge in [0, 0.05) is 36.2 Å². The summed E-state index contributed by atoms with van der Waals surface area (Å²) < 4.78 is 62.3. The maximum atomic E-state index is 13.2. The molecule has 0 saturated carbocycles. The Labute approximate surface area is 383 Å². The van der Waals surface area contributed by atoms with Gasteiger partial charge in [-0.15, -0.1) is 0 Å². The van der Waals surface area contributed by atoms with Crippen molar-refractivity contribution < 1.29 is 95.2 Å². The molecule has 5 rings (SSSR count). The first kappa shape index (κ1) is 53.4. The fourth-order valence-electron chi connectivity index (χ4n) is 6.38. The normalized spacial score (nSPS) is 20.4. The number of nitrogens with zero attached hydrogens (tertiary/aromatic N) is 4. The van der Waals surface area contributed by atoms with Crippen LogP contribution in [0.4, 0.5) is 5.82 Å². The number of aliphatic hydroxyl groups is 2. The van der Waals surface area contributed by atoms with Crippen LogP contribution in [-0.2, 0) is 55.5 Å². The molecule has 2 aromatic carbocycles. The van der Waals surface area contributed by atoms with Gasteiger partial charge in [-0.3, -0.25) is 42.1 Å². The topological polar surface area (TPSA) is 418 Å². The highest BCUT2D eigenvalue weighted by Crippen LogP contribution is 2.61. The quantitative estimate of drug-likeness (QED) is 0.0201. The van der Waals surface area contributed by atoms with Gasteiger partial charge in [-0.1, -0.05) is 62.0 Å². The van der Waals surface area contributed by atoms with Gasteiger partial charge in [-0.05, 0) is 16.8 Å². The predicted octanol–water partition coefficient (Wildman–Crippen LogP) is 0.792. The molecule has 1 fully saturated rings. The summed E-state index contributed by atoms with van der Waals surface area (Å²) in [6.45, 7) is -0.0890. The van der Waals surface area contributed by atoms with Crippen molar-refractivity contribution >= 4 is 91.7 Å². The van der Waals surface area contributed by atoms with Gasteiger partial charge in [-0.2, -0.15) is 4.31 Å². The number of aromatic nitrogens is 4. The molecular formula is C36H46N7O20P3S. The molecule has 2 aromatic heterocycles. The molecule has 2 amide bonds. The Bertz CT molecular complexity index is 2630. The number of imidazole rings is 1. The fourth-order valence-corrected chi connectivity index (χ4v) is 10.0. The van der Waals surface area contributed by atoms with E-state index in [4.69, 9.17) is 19.5 Å². The molecule has 67 heavy (non-hydrogen) atoms. The summed E-state index contributed by atoms with van der Waals surface area (Å²) in [5, 5.41) is 36.6. The van der Waals surface area contributed by atoms with E-state index in [0.29, 0.717) is 11.8 Å². The van der Waals surface area contributed by atoms with E-state index >= 15 is 0 Å². The highest BCUT2D eigenvalue weighted by Gasteiger charge is 2.50. The first-order valence-electron chi connectivity index (χ1n) is 19.6. The first-order valence-corrected chi connectivity index (χ1v) is 25.1. The second-order valence-corrected chi connectivity index (χ2v) is 20.6. The lowest BCUT2D eigenvalue weighted by molar-refractivity contribution is -0.139. The number of hydrogen-bond donors (Lipinski definition) is 10. The highest BCUT2D eigenvalue weighted by molar-refractivity contribution is 8.13. The molecule has 1 aliphatic heterocycles. The number of aliphatic hydroxyl groups excluding tert-OH is 2. The van der Waals surface area contributed by atoms with Crippen LogP contribution in [0.25, 0.3) is 21.9 Å². The minimum absolute atomic E-state index is 0.0100. The van der Waals surface area contributed by atoms with Crippen molar-refractivity contribution in [3.63, 3.8) is 0 Å². The number of ketones is 1. The zero-order valence-corrected chi connectivity index (χ0v) is 38.7. The molecule has 0 radical (unpaired) electrons. The summed E-state index contributed by atoms with van der Waals surface area (Å²) in [7, 11) is -16.5. The number of amides is 2. The van der Waals surface area contributed by atoms with Crippen LogP contribution in [0.3, 0.4) is 0 Å². The Hall–Kier alpha value is -4.60. The van der Waals surface area contributed by atoms with E-state index in [-0.39, 0.29) is 47.8 Å². The number of phosphoric ester groups is 3. The molecule has 27 nitrogen and oxygen atoms in total. The SMILES string of the molecule is CC(C)(COP(=O)(O)OP(=O)(O)OC[C@H]1O[C@@H](n2cnc3c(N)ncnc32)[C@H](O)[C@@H]1OP(=O)(O)O)C(O)C(=O)NCCC(=O)NCCSC(=O)C(CC(=O)O)C(=O)c1ccc2ccccc2c1. The van der Waals surface area contributed by atoms with E-state index in [2.05, 4.69) is 34.4 Å². The van der Waals surface area contributed by atoms with E-state index in [1.54, 1.807) is 24.3 Å². The number of nitrogens with two attached hydrogens (primary N) is 1. The maximum absolute atomic E-state index is 13.2. The van der Waals surface area contributed by atoms with Crippen molar-refractivity contribution in [3.8, 4) is 0 Å². The van der Waals surface area contributed by atoms with E-state index in [1.807, 2.05) is 12.1 Å². The van der Waals surface area contributed by atoms with Crippen molar-refractivity contribution in [1.82, 2.24) is 30.2 Å². The van der Waals surface area contributed by atoms with Crippen molar-refractivity contribution in [2.75, 3.05) is 37.8 Å². The van der Waals surface area contributed by atoms with Crippen LogP contribution in [0.1, 0.15) is 43.3 Å². The molecule has 4 aromatic rings. The van der Waals surface area contributed by atoms with Gasteiger partial charge in [0.25, 0.3) is 0 Å². The molecule has 1 saturated heterocycles. The predicted molar refractivity (Wildman–Crippen MR) is 231 cm³/mol. The summed E-state index contributed by atoms with van der Waals surface area (Å²) in [5.74, 6) is -5.22. The number of phosphoric acid groups is 3. The molecule has 0 spiro atoms. The van der Waals surface area contributed by atoms with Gasteiger partial charge in [0.1, 0.15) is 42.2 Å². The molecule has 11 N–H and O–H groups in total. The summed E-state index contributed by atoms with van der Waals surface area (Å²) >= 11 is 0.663. The number of aliphatic carboxylic acids is 1. The number of carbonyl (C=O) groups excluding carboxylic acids is 4. The number of nitrogen functional groups attached to an aromatic ring is 1. The zero-order valence-electron chi connectivity index (χ0n) is 35.2. The van der Waals surface area contributed by atoms with Gasteiger partial charge in [0.05, 0.1) is 26.0 Å². The Balaban J connectivity index is 1.04. The van der Waals surface area contributed by atoms with E-state index < -0.39 is 114 Å². The number of benzene rings is 2. The number of thioether (sulfide) groups is 1. The van der Waals surface area contributed by atoms with Gasteiger partial charge in [0.2, 0.25) is 11.8 Å². The van der Waals surface area contributed by atoms with Crippen molar-refractivity contribution in [2.45, 2.75) is 57.3 Å². The van der Waals surface area contributed by atoms with Crippen molar-refractivity contribution in [2.24, 2.45) is 11.3 Å². The lowest BCUT2D eigenvalue weighted by Crippen LogP contribution is -2.46. The number of carboxylic acids is 1. The molecule has 4 unspecified atom stereocenters. The van der Waals surface area contributed by atoms with Crippen LogP contribution in [0.15, 0.2) is 55.1 Å². The van der Waals surface area contributed by atoms with Crippen LogP contribution >= 0.6 is 35.2 Å². The number of hydrogen-bond acceptors (Lipinski definition) is 20. The monoisotopic (exact) mass is 1020 g/mol. The third-order valence-electron chi connectivity index (χ3n) is 9.76. The minimum atomic E-state index is -5.62. The molecule has 8 atom stereocenters. The number of nitrogens with one attached hydrogen (secondary N) is 2. The van der Waals surface area contributed by atoms with Crippen molar-refractivity contribution in [3.05, 3.63) is 60.7 Å². The molecule has 0 aliphatic carbocycles. The highest BCUT2D eigenvalue weighted by atomic mass is 32.2. The standard InChI is InChI=1S/C36H46N7O20P3S/c1-36(2,30(49)33(50)39-10-9-24(44)38-11-12-67-35(51)22(14-25(45)46)27(47)21-8-7-19-5-3-4-6-20(19)13-21)16-60-66(57,58)63-65(55,56)59-15-23-29(62-64(52,53)54)28(48)34(61-23)43-18-42-26-31(37)40-17-41-32(26)43/h3-8,13,17-18,22-23,28-30,34,48-49H,9-12,14-16H2,1-2H3,(H,38,44)(H,39,50)(H,45,46)(H,55,56)(H,57,58)(H2,37,40,41)(H2,52,53,54)/t22?,23-,28-,29-,30?,34-/m1/s1. The maximum Gasteiger partial charge on any atom is 0.481 e. The number of Topliss-reactive ketones (excluding diaryl/α,β-unsaturated/α-hetero) is 1. The molecular weight excluding hydrogens is 975 g/mol.